The predicted molar refractivity (Wildman–Crippen MR) is 107 cm³/mol. The molecule has 0 saturated carbocycles. The number of benzene rings is 3. The van der Waals surface area contributed by atoms with Gasteiger partial charge in [0.25, 0.3) is 0 Å². The van der Waals surface area contributed by atoms with Crippen molar-refractivity contribution in [2.45, 2.75) is 26.2 Å². The SMILES string of the molecule is CN(c1ccc(C(C)(C)C)cc1)c1ccc2oc3ccccc3c2c1. The minimum absolute atomic E-state index is 0.172. The van der Waals surface area contributed by atoms with Crippen molar-refractivity contribution in [3.8, 4) is 0 Å². The highest BCUT2D eigenvalue weighted by molar-refractivity contribution is 6.06. The fourth-order valence-corrected chi connectivity index (χ4v) is 3.26. The first-order valence-electron chi connectivity index (χ1n) is 8.69. The highest BCUT2D eigenvalue weighted by atomic mass is 16.3. The first kappa shape index (κ1) is 15.8. The molecule has 0 saturated heterocycles. The molecule has 0 fully saturated rings. The zero-order chi connectivity index (χ0) is 17.6. The van der Waals surface area contributed by atoms with E-state index in [1.807, 2.05) is 12.1 Å². The summed E-state index contributed by atoms with van der Waals surface area (Å²) < 4.78 is 5.93. The largest absolute Gasteiger partial charge is 0.456 e. The van der Waals surface area contributed by atoms with E-state index in [1.54, 1.807) is 0 Å². The molecule has 4 aromatic rings. The molecule has 2 heteroatoms. The van der Waals surface area contributed by atoms with Gasteiger partial charge in [0.2, 0.25) is 0 Å². The molecule has 0 atom stereocenters. The van der Waals surface area contributed by atoms with Crippen LogP contribution in [-0.2, 0) is 5.41 Å². The van der Waals surface area contributed by atoms with Gasteiger partial charge in [-0.05, 0) is 47.4 Å². The third kappa shape index (κ3) is 2.78. The number of para-hydroxylation sites is 1. The maximum atomic E-state index is 5.93. The van der Waals surface area contributed by atoms with Crippen molar-refractivity contribution in [1.29, 1.82) is 0 Å². The summed E-state index contributed by atoms with van der Waals surface area (Å²) in [4.78, 5) is 2.22. The first-order chi connectivity index (χ1) is 11.9. The summed E-state index contributed by atoms with van der Waals surface area (Å²) >= 11 is 0. The summed E-state index contributed by atoms with van der Waals surface area (Å²) in [5, 5.41) is 2.32. The van der Waals surface area contributed by atoms with Crippen LogP contribution in [0.25, 0.3) is 21.9 Å². The second-order valence-corrected chi connectivity index (χ2v) is 7.63. The Morgan fingerprint density at radius 2 is 1.36 bits per heavy atom. The Kier molecular flexibility index (Phi) is 3.57. The Morgan fingerprint density at radius 3 is 2.08 bits per heavy atom. The Morgan fingerprint density at radius 1 is 0.720 bits per heavy atom. The fraction of sp³-hybridized carbons (Fsp3) is 0.217. The van der Waals surface area contributed by atoms with Gasteiger partial charge in [0.05, 0.1) is 0 Å². The van der Waals surface area contributed by atoms with Gasteiger partial charge in [-0.15, -0.1) is 0 Å². The summed E-state index contributed by atoms with van der Waals surface area (Å²) in [5.41, 5.74) is 5.73. The Balaban J connectivity index is 1.74. The summed E-state index contributed by atoms with van der Waals surface area (Å²) in [5.74, 6) is 0. The van der Waals surface area contributed by atoms with Crippen LogP contribution in [0.15, 0.2) is 71.1 Å². The van der Waals surface area contributed by atoms with Crippen molar-refractivity contribution < 1.29 is 4.42 Å². The third-order valence-electron chi connectivity index (χ3n) is 4.87. The van der Waals surface area contributed by atoms with Gasteiger partial charge < -0.3 is 9.32 Å². The lowest BCUT2D eigenvalue weighted by molar-refractivity contribution is 0.590. The molecule has 0 amide bonds. The second kappa shape index (κ2) is 5.66. The molecule has 1 heterocycles. The van der Waals surface area contributed by atoms with Crippen molar-refractivity contribution in [3.63, 3.8) is 0 Å². The smallest absolute Gasteiger partial charge is 0.135 e. The summed E-state index contributed by atoms with van der Waals surface area (Å²) in [6, 6.07) is 23.4. The van der Waals surface area contributed by atoms with Crippen molar-refractivity contribution in [2.75, 3.05) is 11.9 Å². The monoisotopic (exact) mass is 329 g/mol. The van der Waals surface area contributed by atoms with Crippen molar-refractivity contribution >= 4 is 33.3 Å². The van der Waals surface area contributed by atoms with Gasteiger partial charge in [-0.25, -0.2) is 0 Å². The molecule has 0 radical (unpaired) electrons. The lowest BCUT2D eigenvalue weighted by Gasteiger charge is -2.23. The number of anilines is 2. The Hall–Kier alpha value is -2.74. The predicted octanol–water partition coefficient (Wildman–Crippen LogP) is 6.65. The molecule has 0 N–H and O–H groups in total. The molecule has 0 aliphatic heterocycles. The molecular formula is C23H23NO. The number of fused-ring (bicyclic) bond motifs is 3. The van der Waals surface area contributed by atoms with E-state index in [9.17, 15) is 0 Å². The van der Waals surface area contributed by atoms with Crippen molar-refractivity contribution in [1.82, 2.24) is 0 Å². The molecule has 4 rings (SSSR count). The van der Waals surface area contributed by atoms with Gasteiger partial charge in [-0.3, -0.25) is 0 Å². The van der Waals surface area contributed by atoms with Gasteiger partial charge >= 0.3 is 0 Å². The number of hydrogen-bond donors (Lipinski definition) is 0. The van der Waals surface area contributed by atoms with E-state index in [-0.39, 0.29) is 5.41 Å². The van der Waals surface area contributed by atoms with Crippen LogP contribution < -0.4 is 4.90 Å². The highest BCUT2D eigenvalue weighted by Gasteiger charge is 2.14. The van der Waals surface area contributed by atoms with Crippen LogP contribution in [0.4, 0.5) is 11.4 Å². The average Bonchev–Trinajstić information content (AvgIpc) is 2.98. The lowest BCUT2D eigenvalue weighted by Crippen LogP contribution is -2.12. The van der Waals surface area contributed by atoms with Crippen LogP contribution in [0.1, 0.15) is 26.3 Å². The molecule has 25 heavy (non-hydrogen) atoms. The second-order valence-electron chi connectivity index (χ2n) is 7.63. The summed E-state index contributed by atoms with van der Waals surface area (Å²) in [6.45, 7) is 6.72. The fourth-order valence-electron chi connectivity index (χ4n) is 3.26. The molecule has 0 unspecified atom stereocenters. The van der Waals surface area contributed by atoms with Crippen LogP contribution in [0.5, 0.6) is 0 Å². The van der Waals surface area contributed by atoms with E-state index < -0.39 is 0 Å². The minimum atomic E-state index is 0.172. The van der Waals surface area contributed by atoms with Crippen molar-refractivity contribution in [3.05, 3.63) is 72.3 Å². The van der Waals surface area contributed by atoms with Gasteiger partial charge in [-0.1, -0.05) is 51.1 Å². The molecule has 0 spiro atoms. The maximum absolute atomic E-state index is 5.93. The number of hydrogen-bond acceptors (Lipinski definition) is 2. The lowest BCUT2D eigenvalue weighted by atomic mass is 9.87. The molecule has 0 aliphatic rings. The van der Waals surface area contributed by atoms with Crippen LogP contribution >= 0.6 is 0 Å². The molecule has 1 aromatic heterocycles. The van der Waals surface area contributed by atoms with E-state index in [0.29, 0.717) is 0 Å². The average molecular weight is 329 g/mol. The van der Waals surface area contributed by atoms with Gasteiger partial charge in [-0.2, -0.15) is 0 Å². The van der Waals surface area contributed by atoms with Crippen LogP contribution in [0, 0.1) is 0 Å². The molecule has 0 bridgehead atoms. The summed E-state index contributed by atoms with van der Waals surface area (Å²) in [7, 11) is 2.11. The normalized spacial score (nSPS) is 12.0. The maximum Gasteiger partial charge on any atom is 0.135 e. The standard InChI is InChI=1S/C23H23NO/c1-23(2,3)16-9-11-17(12-10-16)24(4)18-13-14-22-20(15-18)19-7-5-6-8-21(19)25-22/h5-15H,1-4H3. The van der Waals surface area contributed by atoms with Gasteiger partial charge in [0.1, 0.15) is 11.2 Å². The van der Waals surface area contributed by atoms with Crippen LogP contribution in [0.2, 0.25) is 0 Å². The van der Waals surface area contributed by atoms with E-state index >= 15 is 0 Å². The first-order valence-corrected chi connectivity index (χ1v) is 8.69. The summed E-state index contributed by atoms with van der Waals surface area (Å²) in [6.07, 6.45) is 0. The minimum Gasteiger partial charge on any atom is -0.456 e. The van der Waals surface area contributed by atoms with Crippen molar-refractivity contribution in [2.24, 2.45) is 0 Å². The van der Waals surface area contributed by atoms with Crippen LogP contribution in [0.3, 0.4) is 0 Å². The Labute approximate surface area is 148 Å². The molecule has 126 valence electrons. The number of nitrogens with zero attached hydrogens (tertiary/aromatic N) is 1. The third-order valence-corrected chi connectivity index (χ3v) is 4.87. The zero-order valence-corrected chi connectivity index (χ0v) is 15.2. The zero-order valence-electron chi connectivity index (χ0n) is 15.2. The molecule has 3 aromatic carbocycles. The molecule has 2 nitrogen and oxygen atoms in total. The highest BCUT2D eigenvalue weighted by Crippen LogP contribution is 2.34. The number of furan rings is 1. The topological polar surface area (TPSA) is 16.4 Å². The van der Waals surface area contributed by atoms with E-state index in [4.69, 9.17) is 4.42 Å². The van der Waals surface area contributed by atoms with E-state index in [0.717, 1.165) is 27.6 Å². The quantitative estimate of drug-likeness (QED) is 0.409. The van der Waals surface area contributed by atoms with Gasteiger partial charge in [0, 0.05) is 29.2 Å². The van der Waals surface area contributed by atoms with Gasteiger partial charge in [0.15, 0.2) is 0 Å². The van der Waals surface area contributed by atoms with E-state index in [2.05, 4.69) is 87.3 Å². The van der Waals surface area contributed by atoms with Crippen LogP contribution in [-0.4, -0.2) is 7.05 Å². The number of rotatable bonds is 2. The van der Waals surface area contributed by atoms with E-state index in [1.165, 1.54) is 11.3 Å². The molecular weight excluding hydrogens is 306 g/mol. The molecule has 0 aliphatic carbocycles. The Bertz CT molecular complexity index is 1040.